The molecule has 0 fully saturated rings. The molecule has 0 saturated heterocycles. The molecular weight excluding hydrogens is 373 g/mol. The average Bonchev–Trinajstić information content (AvgIpc) is 3.16. The maximum Gasteiger partial charge on any atom is 0.342 e. The summed E-state index contributed by atoms with van der Waals surface area (Å²) in [6.45, 7) is 0.273. The summed E-state index contributed by atoms with van der Waals surface area (Å²) in [5, 5.41) is 10.0. The van der Waals surface area contributed by atoms with Gasteiger partial charge in [0.25, 0.3) is 5.91 Å². The Labute approximate surface area is 167 Å². The predicted molar refractivity (Wildman–Crippen MR) is 107 cm³/mol. The zero-order valence-corrected chi connectivity index (χ0v) is 15.8. The summed E-state index contributed by atoms with van der Waals surface area (Å²) < 4.78 is 14.2. The second kappa shape index (κ2) is 7.75. The molecule has 2 heterocycles. The van der Waals surface area contributed by atoms with E-state index < -0.39 is 12.1 Å². The molecule has 0 saturated carbocycles. The minimum atomic E-state index is -0.732. The second-order valence-corrected chi connectivity index (χ2v) is 6.89. The van der Waals surface area contributed by atoms with Crippen LogP contribution in [0.25, 0.3) is 0 Å². The lowest BCUT2D eigenvalue weighted by molar-refractivity contribution is -0.119. The first-order chi connectivity index (χ1) is 14.0. The Hall–Kier alpha value is -3.68. The first-order valence-corrected chi connectivity index (χ1v) is 9.20. The predicted octanol–water partition coefficient (Wildman–Crippen LogP) is 2.63. The number of halogens is 1. The first kappa shape index (κ1) is 18.7. The van der Waals surface area contributed by atoms with E-state index in [1.807, 2.05) is 24.3 Å². The zero-order chi connectivity index (χ0) is 20.4. The lowest BCUT2D eigenvalue weighted by Crippen LogP contribution is -2.50. The maximum atomic E-state index is 13.0. The van der Waals surface area contributed by atoms with E-state index in [9.17, 15) is 14.0 Å². The molecule has 8 heteroatoms. The van der Waals surface area contributed by atoms with E-state index in [1.54, 1.807) is 31.6 Å². The largest absolute Gasteiger partial charge is 0.381 e. The quantitative estimate of drug-likeness (QED) is 0.717. The van der Waals surface area contributed by atoms with Crippen molar-refractivity contribution in [2.24, 2.45) is 0 Å². The fourth-order valence-electron chi connectivity index (χ4n) is 3.30. The molecular formula is C21H20FN5O2. The van der Waals surface area contributed by atoms with Gasteiger partial charge in [0.15, 0.2) is 0 Å². The lowest BCUT2D eigenvalue weighted by Gasteiger charge is -2.21. The highest BCUT2D eigenvalue weighted by atomic mass is 19.1. The van der Waals surface area contributed by atoms with Crippen LogP contribution >= 0.6 is 0 Å². The van der Waals surface area contributed by atoms with Gasteiger partial charge in [0.2, 0.25) is 0 Å². The van der Waals surface area contributed by atoms with Crippen LogP contribution in [0.3, 0.4) is 0 Å². The molecule has 29 heavy (non-hydrogen) atoms. The number of nitrogens with zero attached hydrogens (tertiary/aromatic N) is 3. The number of benzene rings is 2. The molecule has 1 aliphatic rings. The van der Waals surface area contributed by atoms with Crippen molar-refractivity contribution in [3.05, 3.63) is 77.9 Å². The van der Waals surface area contributed by atoms with E-state index in [2.05, 4.69) is 15.7 Å². The van der Waals surface area contributed by atoms with Crippen LogP contribution in [0, 0.1) is 5.82 Å². The molecule has 1 atom stereocenters. The van der Waals surface area contributed by atoms with Crippen molar-refractivity contribution in [3.8, 4) is 0 Å². The number of hydrogen-bond donors (Lipinski definition) is 2. The fraction of sp³-hybridized carbons (Fsp3) is 0.190. The van der Waals surface area contributed by atoms with Gasteiger partial charge in [-0.3, -0.25) is 4.79 Å². The Kier molecular flexibility index (Phi) is 4.99. The zero-order valence-electron chi connectivity index (χ0n) is 15.8. The van der Waals surface area contributed by atoms with Gasteiger partial charge < -0.3 is 15.5 Å². The summed E-state index contributed by atoms with van der Waals surface area (Å²) in [6, 6.07) is 12.4. The van der Waals surface area contributed by atoms with E-state index in [1.165, 1.54) is 21.7 Å². The molecule has 7 nitrogen and oxygen atoms in total. The standard InChI is InChI=1S/C21H20FN5O2/c1-26-19-5-3-2-4-17(19)23-12-18(20(26)28)25-21(29)27-13-15(11-24-27)10-14-6-8-16(22)9-7-14/h2-9,11,13,18,23H,10,12H2,1H3,(H,25,29)/t18-/m0/s1. The third-order valence-corrected chi connectivity index (χ3v) is 4.85. The molecule has 2 aromatic carbocycles. The van der Waals surface area contributed by atoms with Crippen molar-refractivity contribution >= 4 is 23.3 Å². The van der Waals surface area contributed by atoms with Crippen LogP contribution in [-0.2, 0) is 11.2 Å². The van der Waals surface area contributed by atoms with Crippen molar-refractivity contribution in [1.29, 1.82) is 0 Å². The lowest BCUT2D eigenvalue weighted by atomic mass is 10.1. The second-order valence-electron chi connectivity index (χ2n) is 6.89. The summed E-state index contributed by atoms with van der Waals surface area (Å²) in [5.41, 5.74) is 3.31. The van der Waals surface area contributed by atoms with Gasteiger partial charge in [0.1, 0.15) is 11.9 Å². The average molecular weight is 393 g/mol. The summed E-state index contributed by atoms with van der Waals surface area (Å²) in [6.07, 6.45) is 3.71. The number of hydrogen-bond acceptors (Lipinski definition) is 4. The Balaban J connectivity index is 1.44. The first-order valence-electron chi connectivity index (χ1n) is 9.20. The number of carbonyl (C=O) groups is 2. The smallest absolute Gasteiger partial charge is 0.342 e. The number of aromatic nitrogens is 2. The SMILES string of the molecule is CN1C(=O)[C@@H](NC(=O)n2cc(Cc3ccc(F)cc3)cn2)CNc2ccccc21. The molecule has 0 aliphatic carbocycles. The molecule has 1 aliphatic heterocycles. The number of para-hydroxylation sites is 2. The minimum Gasteiger partial charge on any atom is -0.381 e. The molecule has 0 radical (unpaired) electrons. The third-order valence-electron chi connectivity index (χ3n) is 4.85. The summed E-state index contributed by atoms with van der Waals surface area (Å²) >= 11 is 0. The van der Waals surface area contributed by atoms with Gasteiger partial charge in [-0.1, -0.05) is 24.3 Å². The van der Waals surface area contributed by atoms with Crippen LogP contribution in [-0.4, -0.2) is 41.4 Å². The highest BCUT2D eigenvalue weighted by molar-refractivity contribution is 6.02. The summed E-state index contributed by atoms with van der Waals surface area (Å²) in [4.78, 5) is 26.9. The van der Waals surface area contributed by atoms with Crippen molar-refractivity contribution < 1.29 is 14.0 Å². The Morgan fingerprint density at radius 3 is 2.76 bits per heavy atom. The maximum absolute atomic E-state index is 13.0. The van der Waals surface area contributed by atoms with E-state index in [0.717, 1.165) is 22.5 Å². The van der Waals surface area contributed by atoms with Crippen LogP contribution in [0.1, 0.15) is 11.1 Å². The normalized spacial score (nSPS) is 16.0. The van der Waals surface area contributed by atoms with Gasteiger partial charge in [-0.25, -0.2) is 9.18 Å². The van der Waals surface area contributed by atoms with Crippen LogP contribution in [0.4, 0.5) is 20.6 Å². The fourth-order valence-corrected chi connectivity index (χ4v) is 3.30. The molecule has 0 bridgehead atoms. The van der Waals surface area contributed by atoms with Crippen LogP contribution in [0.2, 0.25) is 0 Å². The molecule has 3 aromatic rings. The van der Waals surface area contributed by atoms with Gasteiger partial charge in [0, 0.05) is 26.2 Å². The molecule has 2 N–H and O–H groups in total. The van der Waals surface area contributed by atoms with Crippen molar-refractivity contribution in [3.63, 3.8) is 0 Å². The van der Waals surface area contributed by atoms with Crippen LogP contribution in [0.5, 0.6) is 0 Å². The highest BCUT2D eigenvalue weighted by Gasteiger charge is 2.29. The Bertz CT molecular complexity index is 1050. The molecule has 4 rings (SSSR count). The van der Waals surface area contributed by atoms with E-state index in [0.29, 0.717) is 6.42 Å². The molecule has 1 aromatic heterocycles. The van der Waals surface area contributed by atoms with Gasteiger partial charge in [-0.05, 0) is 35.4 Å². The van der Waals surface area contributed by atoms with Crippen molar-refractivity contribution in [2.75, 3.05) is 23.8 Å². The van der Waals surface area contributed by atoms with Gasteiger partial charge in [0.05, 0.1) is 17.6 Å². The Morgan fingerprint density at radius 2 is 1.97 bits per heavy atom. The molecule has 0 unspecified atom stereocenters. The molecule has 148 valence electrons. The van der Waals surface area contributed by atoms with Gasteiger partial charge in [-0.2, -0.15) is 9.78 Å². The summed E-state index contributed by atoms with van der Waals surface area (Å²) in [7, 11) is 1.68. The minimum absolute atomic E-state index is 0.213. The van der Waals surface area contributed by atoms with E-state index in [-0.39, 0.29) is 18.3 Å². The highest BCUT2D eigenvalue weighted by Crippen LogP contribution is 2.27. The number of nitrogens with one attached hydrogen (secondary N) is 2. The number of fused-ring (bicyclic) bond motifs is 1. The van der Waals surface area contributed by atoms with Crippen LogP contribution < -0.4 is 15.5 Å². The molecule has 2 amide bonds. The monoisotopic (exact) mass is 393 g/mol. The van der Waals surface area contributed by atoms with E-state index in [4.69, 9.17) is 0 Å². The van der Waals surface area contributed by atoms with Gasteiger partial charge in [-0.15, -0.1) is 0 Å². The number of amides is 2. The number of carbonyl (C=O) groups excluding carboxylic acids is 2. The van der Waals surface area contributed by atoms with Crippen molar-refractivity contribution in [2.45, 2.75) is 12.5 Å². The van der Waals surface area contributed by atoms with E-state index >= 15 is 0 Å². The molecule has 0 spiro atoms. The third kappa shape index (κ3) is 3.96. The Morgan fingerprint density at radius 1 is 1.21 bits per heavy atom. The number of anilines is 2. The number of likely N-dealkylation sites (N-methyl/N-ethyl adjacent to an activating group) is 1. The topological polar surface area (TPSA) is 79.3 Å². The van der Waals surface area contributed by atoms with Crippen LogP contribution in [0.15, 0.2) is 60.9 Å². The van der Waals surface area contributed by atoms with Gasteiger partial charge >= 0.3 is 6.03 Å². The number of rotatable bonds is 3. The summed E-state index contributed by atoms with van der Waals surface area (Å²) in [5.74, 6) is -0.507. The van der Waals surface area contributed by atoms with Crippen molar-refractivity contribution in [1.82, 2.24) is 15.1 Å².